The van der Waals surface area contributed by atoms with Crippen molar-refractivity contribution in [2.24, 2.45) is 0 Å². The van der Waals surface area contributed by atoms with Crippen LogP contribution in [-0.4, -0.2) is 24.4 Å². The molecule has 124 valence electrons. The second-order valence-corrected chi connectivity index (χ2v) is 5.74. The molecule has 3 rings (SSSR count). The van der Waals surface area contributed by atoms with Crippen LogP contribution in [0.1, 0.15) is 25.3 Å². The third-order valence-electron chi connectivity index (χ3n) is 3.83. The number of ether oxygens (including phenoxy) is 2. The van der Waals surface area contributed by atoms with Gasteiger partial charge < -0.3 is 14.0 Å². The lowest BCUT2D eigenvalue weighted by atomic mass is 9.98. The summed E-state index contributed by atoms with van der Waals surface area (Å²) in [4.78, 5) is 4.49. The SMILES string of the molecule is COc1cc(-c2nc(-c3ccccc3)no2)cc(OC)c1C(C)C. The van der Waals surface area contributed by atoms with E-state index in [0.29, 0.717) is 11.7 Å². The van der Waals surface area contributed by atoms with E-state index in [1.165, 1.54) is 0 Å². The predicted octanol–water partition coefficient (Wildman–Crippen LogP) is 4.54. The quantitative estimate of drug-likeness (QED) is 0.689. The van der Waals surface area contributed by atoms with Gasteiger partial charge in [-0.3, -0.25) is 0 Å². The fraction of sp³-hybridized carbons (Fsp3) is 0.263. The van der Waals surface area contributed by atoms with Crippen molar-refractivity contribution in [3.05, 3.63) is 48.0 Å². The summed E-state index contributed by atoms with van der Waals surface area (Å²) < 4.78 is 16.5. The highest BCUT2D eigenvalue weighted by molar-refractivity contribution is 5.65. The van der Waals surface area contributed by atoms with Crippen LogP contribution in [-0.2, 0) is 0 Å². The van der Waals surface area contributed by atoms with Gasteiger partial charge in [-0.25, -0.2) is 0 Å². The molecule has 0 unspecified atom stereocenters. The van der Waals surface area contributed by atoms with Crippen molar-refractivity contribution in [2.45, 2.75) is 19.8 Å². The minimum Gasteiger partial charge on any atom is -0.496 e. The Hall–Kier alpha value is -2.82. The molecular weight excluding hydrogens is 304 g/mol. The minimum absolute atomic E-state index is 0.270. The van der Waals surface area contributed by atoms with E-state index < -0.39 is 0 Å². The smallest absolute Gasteiger partial charge is 0.258 e. The van der Waals surface area contributed by atoms with E-state index in [1.807, 2.05) is 42.5 Å². The van der Waals surface area contributed by atoms with Crippen LogP contribution >= 0.6 is 0 Å². The van der Waals surface area contributed by atoms with Crippen LogP contribution in [0.3, 0.4) is 0 Å². The lowest BCUT2D eigenvalue weighted by Crippen LogP contribution is -1.99. The number of benzene rings is 2. The lowest BCUT2D eigenvalue weighted by molar-refractivity contribution is 0.381. The third-order valence-corrected chi connectivity index (χ3v) is 3.83. The van der Waals surface area contributed by atoms with Gasteiger partial charge in [0.1, 0.15) is 11.5 Å². The van der Waals surface area contributed by atoms with Crippen LogP contribution in [0, 0.1) is 0 Å². The highest BCUT2D eigenvalue weighted by Crippen LogP contribution is 2.39. The Morgan fingerprint density at radius 3 is 2.08 bits per heavy atom. The zero-order valence-corrected chi connectivity index (χ0v) is 14.2. The average Bonchev–Trinajstić information content (AvgIpc) is 3.11. The van der Waals surface area contributed by atoms with Crippen LogP contribution in [0.4, 0.5) is 0 Å². The Labute approximate surface area is 141 Å². The van der Waals surface area contributed by atoms with Gasteiger partial charge in [0.2, 0.25) is 5.82 Å². The van der Waals surface area contributed by atoms with Gasteiger partial charge in [0.05, 0.1) is 14.2 Å². The standard InChI is InChI=1S/C19H20N2O3/c1-12(2)17-15(22-3)10-14(11-16(17)23-4)19-20-18(21-24-19)13-8-6-5-7-9-13/h5-12H,1-4H3. The van der Waals surface area contributed by atoms with E-state index in [4.69, 9.17) is 14.0 Å². The summed E-state index contributed by atoms with van der Waals surface area (Å²) in [5.74, 6) is 2.75. The number of aromatic nitrogens is 2. The van der Waals surface area contributed by atoms with Crippen LogP contribution in [0.2, 0.25) is 0 Å². The van der Waals surface area contributed by atoms with Gasteiger partial charge in [0.25, 0.3) is 5.89 Å². The third kappa shape index (κ3) is 2.97. The number of nitrogens with zero attached hydrogens (tertiary/aromatic N) is 2. The predicted molar refractivity (Wildman–Crippen MR) is 92.4 cm³/mol. The molecule has 0 saturated carbocycles. The topological polar surface area (TPSA) is 57.4 Å². The Balaban J connectivity index is 2.06. The average molecular weight is 324 g/mol. The largest absolute Gasteiger partial charge is 0.496 e. The van der Waals surface area contributed by atoms with E-state index in [-0.39, 0.29) is 5.92 Å². The van der Waals surface area contributed by atoms with Crippen molar-refractivity contribution in [3.8, 4) is 34.3 Å². The van der Waals surface area contributed by atoms with Crippen molar-refractivity contribution in [1.29, 1.82) is 0 Å². The van der Waals surface area contributed by atoms with Crippen LogP contribution in [0.25, 0.3) is 22.8 Å². The molecule has 1 heterocycles. The van der Waals surface area contributed by atoms with Gasteiger partial charge >= 0.3 is 0 Å². The molecular formula is C19H20N2O3. The molecule has 0 N–H and O–H groups in total. The molecule has 2 aromatic carbocycles. The molecule has 0 aliphatic heterocycles. The first-order valence-electron chi connectivity index (χ1n) is 7.79. The maximum absolute atomic E-state index is 5.53. The molecule has 0 amide bonds. The summed E-state index contributed by atoms with van der Waals surface area (Å²) in [7, 11) is 3.29. The molecule has 0 radical (unpaired) electrons. The Kier molecular flexibility index (Phi) is 4.51. The van der Waals surface area contributed by atoms with Gasteiger partial charge in [-0.05, 0) is 18.1 Å². The lowest BCUT2D eigenvalue weighted by Gasteiger charge is -2.16. The Bertz CT molecular complexity index is 801. The second kappa shape index (κ2) is 6.74. The first-order valence-corrected chi connectivity index (χ1v) is 7.79. The maximum Gasteiger partial charge on any atom is 0.258 e. The molecule has 0 aliphatic carbocycles. The van der Waals surface area contributed by atoms with Crippen molar-refractivity contribution in [2.75, 3.05) is 14.2 Å². The molecule has 0 atom stereocenters. The molecule has 0 bridgehead atoms. The Morgan fingerprint density at radius 2 is 1.54 bits per heavy atom. The van der Waals surface area contributed by atoms with E-state index in [1.54, 1.807) is 14.2 Å². The summed E-state index contributed by atoms with van der Waals surface area (Å²) in [5.41, 5.74) is 2.69. The van der Waals surface area contributed by atoms with Crippen molar-refractivity contribution >= 4 is 0 Å². The van der Waals surface area contributed by atoms with Gasteiger partial charge in [0.15, 0.2) is 0 Å². The van der Waals surface area contributed by atoms with Gasteiger partial charge in [-0.15, -0.1) is 0 Å². The minimum atomic E-state index is 0.270. The molecule has 3 aromatic rings. The highest BCUT2D eigenvalue weighted by atomic mass is 16.5. The number of methoxy groups -OCH3 is 2. The number of hydrogen-bond acceptors (Lipinski definition) is 5. The van der Waals surface area contributed by atoms with E-state index in [2.05, 4.69) is 24.0 Å². The first kappa shape index (κ1) is 16.1. The number of rotatable bonds is 5. The van der Waals surface area contributed by atoms with E-state index in [0.717, 1.165) is 28.2 Å². The molecule has 0 saturated heterocycles. The molecule has 5 nitrogen and oxygen atoms in total. The van der Waals surface area contributed by atoms with Crippen LogP contribution < -0.4 is 9.47 Å². The normalized spacial score (nSPS) is 10.9. The summed E-state index contributed by atoms with van der Waals surface area (Å²) in [6.45, 7) is 4.19. The van der Waals surface area contributed by atoms with Crippen molar-refractivity contribution in [1.82, 2.24) is 10.1 Å². The first-order chi connectivity index (χ1) is 11.6. The summed E-state index contributed by atoms with van der Waals surface area (Å²) >= 11 is 0. The van der Waals surface area contributed by atoms with Gasteiger partial charge in [-0.1, -0.05) is 49.3 Å². The molecule has 0 aliphatic rings. The summed E-state index contributed by atoms with van der Waals surface area (Å²) in [5, 5.41) is 4.06. The maximum atomic E-state index is 5.53. The zero-order valence-electron chi connectivity index (χ0n) is 14.2. The summed E-state index contributed by atoms with van der Waals surface area (Å²) in [6, 6.07) is 13.5. The van der Waals surface area contributed by atoms with Crippen LogP contribution in [0.15, 0.2) is 47.0 Å². The van der Waals surface area contributed by atoms with E-state index in [9.17, 15) is 0 Å². The Morgan fingerprint density at radius 1 is 0.917 bits per heavy atom. The van der Waals surface area contributed by atoms with Crippen molar-refractivity contribution < 1.29 is 14.0 Å². The van der Waals surface area contributed by atoms with Crippen LogP contribution in [0.5, 0.6) is 11.5 Å². The fourth-order valence-corrected chi connectivity index (χ4v) is 2.68. The van der Waals surface area contributed by atoms with Crippen molar-refractivity contribution in [3.63, 3.8) is 0 Å². The van der Waals surface area contributed by atoms with Gasteiger partial charge in [0, 0.05) is 16.7 Å². The molecule has 0 fully saturated rings. The molecule has 1 aromatic heterocycles. The molecule has 24 heavy (non-hydrogen) atoms. The molecule has 0 spiro atoms. The zero-order chi connectivity index (χ0) is 17.1. The summed E-state index contributed by atoms with van der Waals surface area (Å²) in [6.07, 6.45) is 0. The number of hydrogen-bond donors (Lipinski definition) is 0. The highest BCUT2D eigenvalue weighted by Gasteiger charge is 2.19. The van der Waals surface area contributed by atoms with E-state index >= 15 is 0 Å². The molecule has 5 heteroatoms. The monoisotopic (exact) mass is 324 g/mol. The second-order valence-electron chi connectivity index (χ2n) is 5.74. The van der Waals surface area contributed by atoms with Gasteiger partial charge in [-0.2, -0.15) is 4.98 Å². The fourth-order valence-electron chi connectivity index (χ4n) is 2.68.